The Hall–Kier alpha value is -3.05. The highest BCUT2D eigenvalue weighted by Gasteiger charge is 2.24. The molecule has 0 unspecified atom stereocenters. The van der Waals surface area contributed by atoms with Crippen LogP contribution in [0.5, 0.6) is 0 Å². The standard InChI is InChI=1S/C23H23N3O2/c1-28-23(27)21-9-5-8-20(25-21)16-26-13-11-19(15-26)18-10-12-24-22(14-18)17-6-3-2-4-7-17/h2-10,12,14,19H,11,13,15-16H2,1H3/t19-/m0/s1. The van der Waals surface area contributed by atoms with Gasteiger partial charge in [-0.05, 0) is 48.7 Å². The second kappa shape index (κ2) is 8.31. The fourth-order valence-corrected chi connectivity index (χ4v) is 3.73. The summed E-state index contributed by atoms with van der Waals surface area (Å²) in [4.78, 5) is 23.0. The van der Waals surface area contributed by atoms with Crippen molar-refractivity contribution in [1.29, 1.82) is 0 Å². The number of carbonyl (C=O) groups excluding carboxylic acids is 1. The van der Waals surface area contributed by atoms with E-state index in [0.717, 1.165) is 43.0 Å². The predicted molar refractivity (Wildman–Crippen MR) is 108 cm³/mol. The molecule has 0 amide bonds. The quantitative estimate of drug-likeness (QED) is 0.635. The summed E-state index contributed by atoms with van der Waals surface area (Å²) in [7, 11) is 1.38. The van der Waals surface area contributed by atoms with Gasteiger partial charge < -0.3 is 4.74 Å². The van der Waals surface area contributed by atoms with Crippen molar-refractivity contribution in [2.45, 2.75) is 18.9 Å². The molecule has 0 N–H and O–H groups in total. The first-order valence-electron chi connectivity index (χ1n) is 9.51. The van der Waals surface area contributed by atoms with Gasteiger partial charge in [-0.1, -0.05) is 36.4 Å². The highest BCUT2D eigenvalue weighted by molar-refractivity contribution is 5.87. The Balaban J connectivity index is 1.44. The molecular weight excluding hydrogens is 350 g/mol. The summed E-state index contributed by atoms with van der Waals surface area (Å²) in [5.41, 5.74) is 4.74. The number of carbonyl (C=O) groups is 1. The number of esters is 1. The first-order valence-corrected chi connectivity index (χ1v) is 9.51. The minimum Gasteiger partial charge on any atom is -0.464 e. The number of aromatic nitrogens is 2. The van der Waals surface area contributed by atoms with Crippen LogP contribution in [0, 0.1) is 0 Å². The van der Waals surface area contributed by atoms with E-state index in [2.05, 4.69) is 39.1 Å². The van der Waals surface area contributed by atoms with Crippen molar-refractivity contribution in [2.75, 3.05) is 20.2 Å². The van der Waals surface area contributed by atoms with Gasteiger partial charge in [0.05, 0.1) is 18.5 Å². The van der Waals surface area contributed by atoms with Crippen molar-refractivity contribution in [1.82, 2.24) is 14.9 Å². The zero-order valence-corrected chi connectivity index (χ0v) is 15.9. The lowest BCUT2D eigenvalue weighted by atomic mass is 9.97. The first kappa shape index (κ1) is 18.3. The molecule has 0 bridgehead atoms. The lowest BCUT2D eigenvalue weighted by molar-refractivity contribution is 0.0593. The normalized spacial score (nSPS) is 16.8. The van der Waals surface area contributed by atoms with Gasteiger partial charge in [0.25, 0.3) is 0 Å². The van der Waals surface area contributed by atoms with Gasteiger partial charge in [-0.25, -0.2) is 9.78 Å². The fourth-order valence-electron chi connectivity index (χ4n) is 3.73. The lowest BCUT2D eigenvalue weighted by Gasteiger charge is -2.16. The van der Waals surface area contributed by atoms with Gasteiger partial charge in [0.15, 0.2) is 0 Å². The number of benzene rings is 1. The molecule has 3 aromatic rings. The highest BCUT2D eigenvalue weighted by Crippen LogP contribution is 2.30. The van der Waals surface area contributed by atoms with Gasteiger partial charge in [0, 0.05) is 24.8 Å². The molecule has 5 nitrogen and oxygen atoms in total. The molecule has 3 heterocycles. The second-order valence-corrected chi connectivity index (χ2v) is 7.07. The average molecular weight is 373 g/mol. The number of hydrogen-bond donors (Lipinski definition) is 0. The summed E-state index contributed by atoms with van der Waals surface area (Å²) < 4.78 is 4.76. The number of nitrogens with zero attached hydrogens (tertiary/aromatic N) is 3. The molecule has 2 aromatic heterocycles. The van der Waals surface area contributed by atoms with Crippen LogP contribution < -0.4 is 0 Å². The summed E-state index contributed by atoms with van der Waals surface area (Å²) in [6.07, 6.45) is 3.01. The van der Waals surface area contributed by atoms with Gasteiger partial charge in [-0.2, -0.15) is 0 Å². The summed E-state index contributed by atoms with van der Waals surface area (Å²) >= 11 is 0. The van der Waals surface area contributed by atoms with Crippen molar-refractivity contribution < 1.29 is 9.53 Å². The Morgan fingerprint density at radius 2 is 2.00 bits per heavy atom. The van der Waals surface area contributed by atoms with Crippen molar-refractivity contribution in [2.24, 2.45) is 0 Å². The molecule has 4 rings (SSSR count). The van der Waals surface area contributed by atoms with E-state index in [1.807, 2.05) is 36.5 Å². The zero-order valence-electron chi connectivity index (χ0n) is 15.9. The van der Waals surface area contributed by atoms with E-state index in [0.29, 0.717) is 11.6 Å². The Morgan fingerprint density at radius 1 is 1.14 bits per heavy atom. The Bertz CT molecular complexity index is 959. The van der Waals surface area contributed by atoms with Crippen LogP contribution in [0.3, 0.4) is 0 Å². The highest BCUT2D eigenvalue weighted by atomic mass is 16.5. The Kier molecular flexibility index (Phi) is 5.44. The lowest BCUT2D eigenvalue weighted by Crippen LogP contribution is -2.21. The molecule has 0 aliphatic carbocycles. The third-order valence-electron chi connectivity index (χ3n) is 5.18. The maximum absolute atomic E-state index is 11.7. The third-order valence-corrected chi connectivity index (χ3v) is 5.18. The number of likely N-dealkylation sites (tertiary alicyclic amines) is 1. The topological polar surface area (TPSA) is 55.3 Å². The summed E-state index contributed by atoms with van der Waals surface area (Å²) in [6.45, 7) is 2.72. The second-order valence-electron chi connectivity index (χ2n) is 7.07. The minimum atomic E-state index is -0.397. The molecule has 1 aromatic carbocycles. The van der Waals surface area contributed by atoms with E-state index in [1.165, 1.54) is 12.7 Å². The summed E-state index contributed by atoms with van der Waals surface area (Å²) in [5.74, 6) is 0.0839. The molecule has 1 aliphatic rings. The minimum absolute atomic E-state index is 0.359. The molecule has 1 aliphatic heterocycles. The monoisotopic (exact) mass is 373 g/mol. The Morgan fingerprint density at radius 3 is 2.82 bits per heavy atom. The van der Waals surface area contributed by atoms with E-state index in [-0.39, 0.29) is 0 Å². The SMILES string of the molecule is COC(=O)c1cccc(CN2CC[C@H](c3ccnc(-c4ccccc4)c3)C2)n1. The van der Waals surface area contributed by atoms with Crippen LogP contribution in [0.2, 0.25) is 0 Å². The van der Waals surface area contributed by atoms with E-state index >= 15 is 0 Å². The molecule has 1 fully saturated rings. The van der Waals surface area contributed by atoms with Crippen LogP contribution in [-0.2, 0) is 11.3 Å². The van der Waals surface area contributed by atoms with Crippen LogP contribution >= 0.6 is 0 Å². The largest absolute Gasteiger partial charge is 0.464 e. The van der Waals surface area contributed by atoms with Gasteiger partial charge in [0.2, 0.25) is 0 Å². The smallest absolute Gasteiger partial charge is 0.356 e. The van der Waals surface area contributed by atoms with Crippen LogP contribution in [0.15, 0.2) is 66.9 Å². The van der Waals surface area contributed by atoms with Crippen LogP contribution in [0.25, 0.3) is 11.3 Å². The van der Waals surface area contributed by atoms with Crippen LogP contribution in [0.1, 0.15) is 34.1 Å². The summed E-state index contributed by atoms with van der Waals surface area (Å²) in [6, 6.07) is 20.1. The number of rotatable bonds is 5. The van der Waals surface area contributed by atoms with Crippen LogP contribution in [0.4, 0.5) is 0 Å². The molecule has 142 valence electrons. The van der Waals surface area contributed by atoms with E-state index in [4.69, 9.17) is 4.74 Å². The number of methoxy groups -OCH3 is 1. The van der Waals surface area contributed by atoms with Gasteiger partial charge in [-0.3, -0.25) is 9.88 Å². The number of hydrogen-bond acceptors (Lipinski definition) is 5. The maximum Gasteiger partial charge on any atom is 0.356 e. The number of pyridine rings is 2. The zero-order chi connectivity index (χ0) is 19.3. The Labute approximate surface area is 165 Å². The predicted octanol–water partition coefficient (Wildman–Crippen LogP) is 3.92. The van der Waals surface area contributed by atoms with Crippen molar-refractivity contribution in [3.05, 3.63) is 83.8 Å². The molecule has 0 radical (unpaired) electrons. The average Bonchev–Trinajstić information content (AvgIpc) is 3.22. The molecule has 5 heteroatoms. The fraction of sp³-hybridized carbons (Fsp3) is 0.261. The number of ether oxygens (including phenoxy) is 1. The molecular formula is C23H23N3O2. The van der Waals surface area contributed by atoms with Crippen LogP contribution in [-0.4, -0.2) is 41.0 Å². The third kappa shape index (κ3) is 4.10. The molecule has 0 saturated carbocycles. The van der Waals surface area contributed by atoms with Gasteiger partial charge in [0.1, 0.15) is 5.69 Å². The maximum atomic E-state index is 11.7. The van der Waals surface area contributed by atoms with E-state index < -0.39 is 5.97 Å². The van der Waals surface area contributed by atoms with Gasteiger partial charge in [-0.15, -0.1) is 0 Å². The summed E-state index contributed by atoms with van der Waals surface area (Å²) in [5, 5.41) is 0. The molecule has 28 heavy (non-hydrogen) atoms. The molecule has 1 atom stereocenters. The van der Waals surface area contributed by atoms with E-state index in [1.54, 1.807) is 6.07 Å². The van der Waals surface area contributed by atoms with Crippen molar-refractivity contribution >= 4 is 5.97 Å². The first-order chi connectivity index (χ1) is 13.7. The van der Waals surface area contributed by atoms with Gasteiger partial charge >= 0.3 is 5.97 Å². The molecule has 1 saturated heterocycles. The van der Waals surface area contributed by atoms with Crippen molar-refractivity contribution in [3.63, 3.8) is 0 Å². The van der Waals surface area contributed by atoms with E-state index in [9.17, 15) is 4.79 Å². The molecule has 0 spiro atoms. The van der Waals surface area contributed by atoms with Crippen molar-refractivity contribution in [3.8, 4) is 11.3 Å².